The molecule has 1 amide bonds. The summed E-state index contributed by atoms with van der Waals surface area (Å²) in [6.07, 6.45) is 3.49. The van der Waals surface area contributed by atoms with Crippen LogP contribution in [0.2, 0.25) is 5.22 Å². The van der Waals surface area contributed by atoms with Crippen molar-refractivity contribution in [1.82, 2.24) is 4.90 Å². The maximum atomic E-state index is 12.5. The summed E-state index contributed by atoms with van der Waals surface area (Å²) >= 11 is 5.87. The number of carbonyl (C=O) groups is 1. The lowest BCUT2D eigenvalue weighted by Gasteiger charge is -2.20. The Morgan fingerprint density at radius 2 is 2.21 bits per heavy atom. The molecule has 0 aliphatic heterocycles. The van der Waals surface area contributed by atoms with Gasteiger partial charge in [-0.25, -0.2) is 0 Å². The van der Waals surface area contributed by atoms with Gasteiger partial charge >= 0.3 is 0 Å². The van der Waals surface area contributed by atoms with Crippen molar-refractivity contribution in [1.29, 1.82) is 0 Å². The molecule has 2 heterocycles. The van der Waals surface area contributed by atoms with E-state index in [2.05, 4.69) is 0 Å². The van der Waals surface area contributed by atoms with Gasteiger partial charge in [-0.3, -0.25) is 4.79 Å². The van der Waals surface area contributed by atoms with Gasteiger partial charge in [0.15, 0.2) is 0 Å². The summed E-state index contributed by atoms with van der Waals surface area (Å²) in [4.78, 5) is 14.3. The smallest absolute Gasteiger partial charge is 0.259 e. The van der Waals surface area contributed by atoms with Gasteiger partial charge in [0.1, 0.15) is 11.5 Å². The van der Waals surface area contributed by atoms with Crippen molar-refractivity contribution in [3.05, 3.63) is 46.8 Å². The van der Waals surface area contributed by atoms with Crippen LogP contribution in [0.15, 0.2) is 33.3 Å². The zero-order chi connectivity index (χ0) is 13.4. The molecule has 1 saturated carbocycles. The van der Waals surface area contributed by atoms with Crippen LogP contribution in [0.4, 0.5) is 0 Å². The topological polar surface area (TPSA) is 46.6 Å². The summed E-state index contributed by atoms with van der Waals surface area (Å²) < 4.78 is 10.5. The molecule has 1 aliphatic carbocycles. The normalized spacial score (nSPS) is 14.6. The van der Waals surface area contributed by atoms with E-state index in [0.717, 1.165) is 24.4 Å². The maximum absolute atomic E-state index is 12.5. The van der Waals surface area contributed by atoms with E-state index >= 15 is 0 Å². The van der Waals surface area contributed by atoms with Crippen LogP contribution in [0.3, 0.4) is 0 Å². The van der Waals surface area contributed by atoms with Crippen LogP contribution in [0, 0.1) is 6.92 Å². The van der Waals surface area contributed by atoms with Crippen molar-refractivity contribution in [2.24, 2.45) is 0 Å². The minimum atomic E-state index is -0.102. The van der Waals surface area contributed by atoms with E-state index in [1.54, 1.807) is 11.0 Å². The van der Waals surface area contributed by atoms with Crippen LogP contribution in [-0.2, 0) is 6.54 Å². The van der Waals surface area contributed by atoms with E-state index in [-0.39, 0.29) is 17.2 Å². The largest absolute Gasteiger partial charge is 0.464 e. The molecule has 0 aromatic carbocycles. The van der Waals surface area contributed by atoms with Crippen LogP contribution in [-0.4, -0.2) is 16.8 Å². The van der Waals surface area contributed by atoms with Crippen LogP contribution >= 0.6 is 11.6 Å². The van der Waals surface area contributed by atoms with Gasteiger partial charge in [0.05, 0.1) is 18.4 Å². The Hall–Kier alpha value is -1.68. The zero-order valence-electron chi connectivity index (χ0n) is 10.6. The van der Waals surface area contributed by atoms with Gasteiger partial charge in [0, 0.05) is 6.04 Å². The first-order valence-electron chi connectivity index (χ1n) is 6.24. The fraction of sp³-hybridized carbons (Fsp3) is 0.357. The number of nitrogens with zero attached hydrogens (tertiary/aromatic N) is 1. The number of halogens is 1. The molecule has 5 heteroatoms. The zero-order valence-corrected chi connectivity index (χ0v) is 11.3. The quantitative estimate of drug-likeness (QED) is 0.858. The van der Waals surface area contributed by atoms with Gasteiger partial charge in [-0.2, -0.15) is 0 Å². The number of carbonyl (C=O) groups excluding carboxylic acids is 1. The van der Waals surface area contributed by atoms with Crippen molar-refractivity contribution in [3.63, 3.8) is 0 Å². The third-order valence-electron chi connectivity index (χ3n) is 3.22. The molecule has 3 rings (SSSR count). The van der Waals surface area contributed by atoms with Gasteiger partial charge < -0.3 is 13.7 Å². The Balaban J connectivity index is 1.81. The van der Waals surface area contributed by atoms with Crippen LogP contribution in [0.25, 0.3) is 0 Å². The highest BCUT2D eigenvalue weighted by atomic mass is 35.5. The van der Waals surface area contributed by atoms with E-state index in [0.29, 0.717) is 12.1 Å². The second kappa shape index (κ2) is 4.78. The standard InChI is InChI=1S/C14H14ClNO3/c1-9-2-5-11(19-9)8-16(10-3-4-10)14(17)12-6-7-18-13(12)15/h2,5-7,10H,3-4,8H2,1H3. The monoisotopic (exact) mass is 279 g/mol. The van der Waals surface area contributed by atoms with E-state index in [4.69, 9.17) is 20.4 Å². The van der Waals surface area contributed by atoms with Crippen molar-refractivity contribution >= 4 is 17.5 Å². The van der Waals surface area contributed by atoms with E-state index in [9.17, 15) is 4.79 Å². The first kappa shape index (κ1) is 12.4. The summed E-state index contributed by atoms with van der Waals surface area (Å²) in [6.45, 7) is 2.36. The lowest BCUT2D eigenvalue weighted by atomic mass is 10.2. The summed E-state index contributed by atoms with van der Waals surface area (Å²) in [6, 6.07) is 5.68. The molecule has 2 aromatic heterocycles. The predicted octanol–water partition coefficient (Wildman–Crippen LogP) is 3.64. The van der Waals surface area contributed by atoms with Crippen molar-refractivity contribution in [2.45, 2.75) is 32.4 Å². The van der Waals surface area contributed by atoms with Crippen molar-refractivity contribution in [3.8, 4) is 0 Å². The highest BCUT2D eigenvalue weighted by Gasteiger charge is 2.34. The molecule has 0 bridgehead atoms. The van der Waals surface area contributed by atoms with Gasteiger partial charge in [-0.15, -0.1) is 0 Å². The Kier molecular flexibility index (Phi) is 3.11. The Bertz CT molecular complexity index is 597. The third-order valence-corrected chi connectivity index (χ3v) is 3.51. The SMILES string of the molecule is Cc1ccc(CN(C(=O)c2ccoc2Cl)C2CC2)o1. The number of hydrogen-bond donors (Lipinski definition) is 0. The number of furan rings is 2. The molecule has 100 valence electrons. The van der Waals surface area contributed by atoms with Gasteiger partial charge in [0.2, 0.25) is 5.22 Å². The molecule has 0 unspecified atom stereocenters. The number of rotatable bonds is 4. The summed E-state index contributed by atoms with van der Waals surface area (Å²) in [5.74, 6) is 1.53. The molecular formula is C14H14ClNO3. The first-order valence-corrected chi connectivity index (χ1v) is 6.62. The summed E-state index contributed by atoms with van der Waals surface area (Å²) in [5.41, 5.74) is 0.414. The van der Waals surface area contributed by atoms with E-state index in [1.807, 2.05) is 19.1 Å². The van der Waals surface area contributed by atoms with Gasteiger partial charge in [-0.05, 0) is 49.6 Å². The maximum Gasteiger partial charge on any atom is 0.259 e. The van der Waals surface area contributed by atoms with E-state index < -0.39 is 0 Å². The molecule has 2 aromatic rings. The van der Waals surface area contributed by atoms with Gasteiger partial charge in [0.25, 0.3) is 5.91 Å². The fourth-order valence-corrected chi connectivity index (χ4v) is 2.29. The number of aryl methyl sites for hydroxylation is 1. The number of amides is 1. The molecule has 0 N–H and O–H groups in total. The summed E-state index contributed by atoms with van der Waals surface area (Å²) in [5, 5.41) is 0.145. The molecule has 0 saturated heterocycles. The van der Waals surface area contributed by atoms with E-state index in [1.165, 1.54) is 6.26 Å². The third kappa shape index (κ3) is 2.54. The van der Waals surface area contributed by atoms with Crippen LogP contribution in [0.1, 0.15) is 34.7 Å². The Labute approximate surface area is 115 Å². The first-order chi connectivity index (χ1) is 9.15. The lowest BCUT2D eigenvalue weighted by Crippen LogP contribution is -2.32. The highest BCUT2D eigenvalue weighted by Crippen LogP contribution is 2.31. The van der Waals surface area contributed by atoms with Crippen molar-refractivity contribution in [2.75, 3.05) is 0 Å². The highest BCUT2D eigenvalue weighted by molar-refractivity contribution is 6.32. The Morgan fingerprint density at radius 1 is 1.42 bits per heavy atom. The van der Waals surface area contributed by atoms with Crippen molar-refractivity contribution < 1.29 is 13.6 Å². The van der Waals surface area contributed by atoms with Crippen LogP contribution < -0.4 is 0 Å². The molecule has 1 aliphatic rings. The molecule has 4 nitrogen and oxygen atoms in total. The molecule has 0 radical (unpaired) electrons. The molecule has 0 spiro atoms. The molecule has 19 heavy (non-hydrogen) atoms. The average molecular weight is 280 g/mol. The molecule has 1 fully saturated rings. The second-order valence-electron chi connectivity index (χ2n) is 4.78. The predicted molar refractivity (Wildman–Crippen MR) is 70.1 cm³/mol. The number of hydrogen-bond acceptors (Lipinski definition) is 3. The fourth-order valence-electron chi connectivity index (χ4n) is 2.09. The minimum absolute atomic E-state index is 0.102. The second-order valence-corrected chi connectivity index (χ2v) is 5.13. The molecular weight excluding hydrogens is 266 g/mol. The average Bonchev–Trinajstić information content (AvgIpc) is 3.01. The Morgan fingerprint density at radius 3 is 2.74 bits per heavy atom. The summed E-state index contributed by atoms with van der Waals surface area (Å²) in [7, 11) is 0. The van der Waals surface area contributed by atoms with Gasteiger partial charge in [-0.1, -0.05) is 0 Å². The molecule has 0 atom stereocenters. The minimum Gasteiger partial charge on any atom is -0.464 e. The van der Waals surface area contributed by atoms with Crippen LogP contribution in [0.5, 0.6) is 0 Å². The lowest BCUT2D eigenvalue weighted by molar-refractivity contribution is 0.0716.